The van der Waals surface area contributed by atoms with Crippen LogP contribution in [-0.4, -0.2) is 44.2 Å². The van der Waals surface area contributed by atoms with Crippen LogP contribution in [0, 0.1) is 0 Å². The van der Waals surface area contributed by atoms with Gasteiger partial charge in [0.1, 0.15) is 12.2 Å². The van der Waals surface area contributed by atoms with E-state index in [9.17, 15) is 0 Å². The number of fused-ring (bicyclic) bond motifs is 1. The first-order valence-corrected chi connectivity index (χ1v) is 7.99. The summed E-state index contributed by atoms with van der Waals surface area (Å²) in [6.45, 7) is 0. The number of aromatic nitrogens is 5. The summed E-state index contributed by atoms with van der Waals surface area (Å²) in [5.74, 6) is 0.241. The average Bonchev–Trinajstić information content (AvgIpc) is 3.17. The summed E-state index contributed by atoms with van der Waals surface area (Å²) in [6.07, 6.45) is 8.63. The predicted molar refractivity (Wildman–Crippen MR) is 88.0 cm³/mol. The average molecular weight is 348 g/mol. The Labute approximate surface area is 144 Å². The van der Waals surface area contributed by atoms with Crippen LogP contribution in [0.2, 0.25) is 5.02 Å². The molecule has 0 spiro atoms. The van der Waals surface area contributed by atoms with Crippen LogP contribution in [0.5, 0.6) is 0 Å². The van der Waals surface area contributed by atoms with E-state index in [0.29, 0.717) is 17.9 Å². The first-order valence-electron chi connectivity index (χ1n) is 7.61. The van der Waals surface area contributed by atoms with E-state index >= 15 is 0 Å². The van der Waals surface area contributed by atoms with Gasteiger partial charge in [0.05, 0.1) is 10.4 Å². The molecule has 0 N–H and O–H groups in total. The number of imidazole rings is 1. The molecule has 7 nitrogen and oxygen atoms in total. The smallest absolute Gasteiger partial charge is 0.170 e. The van der Waals surface area contributed by atoms with E-state index < -0.39 is 5.79 Å². The first kappa shape index (κ1) is 15.6. The van der Waals surface area contributed by atoms with Crippen LogP contribution in [-0.2, 0) is 21.9 Å². The van der Waals surface area contributed by atoms with Crippen molar-refractivity contribution in [2.45, 2.75) is 24.0 Å². The highest BCUT2D eigenvalue weighted by molar-refractivity contribution is 6.33. The number of nitrogens with zero attached hydrogens (tertiary/aromatic N) is 5. The summed E-state index contributed by atoms with van der Waals surface area (Å²) in [6, 6.07) is 1.95. The van der Waals surface area contributed by atoms with Crippen molar-refractivity contribution in [1.82, 2.24) is 24.1 Å². The molecule has 126 valence electrons. The lowest BCUT2D eigenvalue weighted by molar-refractivity contribution is -0.273. The summed E-state index contributed by atoms with van der Waals surface area (Å²) in [7, 11) is 5.26. The molecule has 3 heterocycles. The second-order valence-electron chi connectivity index (χ2n) is 6.25. The maximum Gasteiger partial charge on any atom is 0.170 e. The van der Waals surface area contributed by atoms with Gasteiger partial charge in [0.15, 0.2) is 11.4 Å². The van der Waals surface area contributed by atoms with Gasteiger partial charge in [-0.3, -0.25) is 0 Å². The minimum absolute atomic E-state index is 0.376. The molecule has 8 heteroatoms. The van der Waals surface area contributed by atoms with Crippen LogP contribution in [0.3, 0.4) is 0 Å². The molecule has 1 aliphatic carbocycles. The fraction of sp³-hybridized carbons (Fsp3) is 0.438. The SMILES string of the molecule is COC1(OC)CC(c2cc(Cl)c3nccn3c2)(c2nncn2C)C1. The highest BCUT2D eigenvalue weighted by Gasteiger charge is 2.60. The molecular weight excluding hydrogens is 330 g/mol. The van der Waals surface area contributed by atoms with Gasteiger partial charge >= 0.3 is 0 Å². The molecule has 0 saturated heterocycles. The van der Waals surface area contributed by atoms with Crippen molar-refractivity contribution >= 4 is 17.2 Å². The fourth-order valence-corrected chi connectivity index (χ4v) is 3.96. The molecule has 0 radical (unpaired) electrons. The number of hydrogen-bond acceptors (Lipinski definition) is 5. The second kappa shape index (κ2) is 5.27. The van der Waals surface area contributed by atoms with Gasteiger partial charge in [0, 0.05) is 52.7 Å². The molecule has 0 aliphatic heterocycles. The van der Waals surface area contributed by atoms with Crippen LogP contribution < -0.4 is 0 Å². The normalized spacial score (nSPS) is 18.7. The summed E-state index contributed by atoms with van der Waals surface area (Å²) in [5, 5.41) is 9.00. The van der Waals surface area contributed by atoms with Gasteiger partial charge in [-0.05, 0) is 11.6 Å². The van der Waals surface area contributed by atoms with Gasteiger partial charge in [-0.15, -0.1) is 10.2 Å². The van der Waals surface area contributed by atoms with Gasteiger partial charge in [0.25, 0.3) is 0 Å². The highest BCUT2D eigenvalue weighted by atomic mass is 35.5. The summed E-state index contributed by atoms with van der Waals surface area (Å²) in [4.78, 5) is 4.27. The molecule has 3 aromatic rings. The Morgan fingerprint density at radius 3 is 2.62 bits per heavy atom. The molecule has 24 heavy (non-hydrogen) atoms. The zero-order valence-corrected chi connectivity index (χ0v) is 14.5. The number of hydrogen-bond donors (Lipinski definition) is 0. The van der Waals surface area contributed by atoms with E-state index in [1.54, 1.807) is 26.7 Å². The number of ether oxygens (including phenoxy) is 2. The maximum absolute atomic E-state index is 6.44. The molecule has 3 aromatic heterocycles. The van der Waals surface area contributed by atoms with Gasteiger partial charge in [-0.1, -0.05) is 11.6 Å². The Bertz CT molecular complexity index is 891. The third-order valence-electron chi connectivity index (χ3n) is 5.02. The van der Waals surface area contributed by atoms with Crippen molar-refractivity contribution in [3.05, 3.63) is 47.4 Å². The summed E-state index contributed by atoms with van der Waals surface area (Å²) >= 11 is 6.44. The molecule has 1 aliphatic rings. The van der Waals surface area contributed by atoms with E-state index in [0.717, 1.165) is 17.0 Å². The van der Waals surface area contributed by atoms with Crippen LogP contribution in [0.1, 0.15) is 24.2 Å². The van der Waals surface area contributed by atoms with Crippen molar-refractivity contribution < 1.29 is 9.47 Å². The van der Waals surface area contributed by atoms with Crippen molar-refractivity contribution in [2.24, 2.45) is 7.05 Å². The van der Waals surface area contributed by atoms with Gasteiger partial charge in [0.2, 0.25) is 0 Å². The molecule has 0 aromatic carbocycles. The molecule has 1 saturated carbocycles. The van der Waals surface area contributed by atoms with Gasteiger partial charge < -0.3 is 18.4 Å². The lowest BCUT2D eigenvalue weighted by atomic mass is 9.60. The Kier molecular flexibility index (Phi) is 3.42. The van der Waals surface area contributed by atoms with Crippen LogP contribution in [0.15, 0.2) is 31.0 Å². The molecule has 0 atom stereocenters. The fourth-order valence-electron chi connectivity index (χ4n) is 3.70. The van der Waals surface area contributed by atoms with Crippen LogP contribution >= 0.6 is 11.6 Å². The molecule has 0 amide bonds. The van der Waals surface area contributed by atoms with Gasteiger partial charge in [-0.2, -0.15) is 0 Å². The first-order chi connectivity index (χ1) is 11.5. The molecular formula is C16H18ClN5O2. The number of rotatable bonds is 4. The van der Waals surface area contributed by atoms with Crippen molar-refractivity contribution in [2.75, 3.05) is 14.2 Å². The summed E-state index contributed by atoms with van der Waals surface area (Å²) in [5.41, 5.74) is 1.40. The Morgan fingerprint density at radius 2 is 2.00 bits per heavy atom. The zero-order chi connectivity index (χ0) is 16.9. The lowest BCUT2D eigenvalue weighted by Gasteiger charge is -2.53. The Morgan fingerprint density at radius 1 is 1.25 bits per heavy atom. The molecule has 4 rings (SSSR count). The quantitative estimate of drug-likeness (QED) is 0.677. The largest absolute Gasteiger partial charge is 0.353 e. The van der Waals surface area contributed by atoms with Crippen LogP contribution in [0.25, 0.3) is 5.65 Å². The zero-order valence-electron chi connectivity index (χ0n) is 13.7. The van der Waals surface area contributed by atoms with E-state index in [-0.39, 0.29) is 5.41 Å². The Balaban J connectivity index is 1.89. The minimum Gasteiger partial charge on any atom is -0.353 e. The molecule has 0 bridgehead atoms. The third kappa shape index (κ3) is 2.02. The van der Waals surface area contributed by atoms with Gasteiger partial charge in [-0.25, -0.2) is 4.98 Å². The lowest BCUT2D eigenvalue weighted by Crippen LogP contribution is -2.58. The topological polar surface area (TPSA) is 66.5 Å². The molecule has 1 fully saturated rings. The highest BCUT2D eigenvalue weighted by Crippen LogP contribution is 2.55. The summed E-state index contributed by atoms with van der Waals surface area (Å²) < 4.78 is 15.1. The third-order valence-corrected chi connectivity index (χ3v) is 5.30. The van der Waals surface area contributed by atoms with E-state index in [4.69, 9.17) is 21.1 Å². The standard InChI is InChI=1S/C16H18ClN5O2/c1-21-10-19-20-14(21)15(8-16(9-15,23-2)24-3)11-6-12(17)13-18-4-5-22(13)7-11/h4-7,10H,8-9H2,1-3H3. The second-order valence-corrected chi connectivity index (χ2v) is 6.66. The van der Waals surface area contributed by atoms with Crippen molar-refractivity contribution in [3.8, 4) is 0 Å². The number of pyridine rings is 1. The van der Waals surface area contributed by atoms with E-state index in [2.05, 4.69) is 15.2 Å². The number of methoxy groups -OCH3 is 2. The van der Waals surface area contributed by atoms with Crippen molar-refractivity contribution in [3.63, 3.8) is 0 Å². The van der Waals surface area contributed by atoms with Crippen molar-refractivity contribution in [1.29, 1.82) is 0 Å². The number of aryl methyl sites for hydroxylation is 1. The van der Waals surface area contributed by atoms with E-state index in [1.165, 1.54) is 0 Å². The predicted octanol–water partition coefficient (Wildman–Crippen LogP) is 2.19. The van der Waals surface area contributed by atoms with Crippen LogP contribution in [0.4, 0.5) is 0 Å². The monoisotopic (exact) mass is 347 g/mol. The Hall–Kier alpha value is -1.96. The number of halogens is 1. The maximum atomic E-state index is 6.44. The minimum atomic E-state index is -0.623. The molecule has 0 unspecified atom stereocenters. The van der Waals surface area contributed by atoms with E-state index in [1.807, 2.05) is 34.5 Å².